The van der Waals surface area contributed by atoms with Crippen molar-refractivity contribution in [2.45, 2.75) is 31.8 Å². The maximum atomic E-state index is 12.8. The molecule has 1 saturated heterocycles. The van der Waals surface area contributed by atoms with Gasteiger partial charge in [-0.25, -0.2) is 0 Å². The molecule has 0 bridgehead atoms. The first-order chi connectivity index (χ1) is 13.2. The predicted molar refractivity (Wildman–Crippen MR) is 100 cm³/mol. The first kappa shape index (κ1) is 18.3. The highest BCUT2D eigenvalue weighted by atomic mass is 16.5. The van der Waals surface area contributed by atoms with Crippen molar-refractivity contribution in [3.05, 3.63) is 42.0 Å². The molecule has 1 amide bonds. The fraction of sp³-hybridized carbons (Fsp3) is 0.600. The second-order valence-corrected chi connectivity index (χ2v) is 7.57. The second-order valence-electron chi connectivity index (χ2n) is 7.57. The Morgan fingerprint density at radius 1 is 1.37 bits per heavy atom. The Morgan fingerprint density at radius 2 is 2.22 bits per heavy atom. The van der Waals surface area contributed by atoms with Crippen LogP contribution in [-0.2, 0) is 23.1 Å². The zero-order valence-electron chi connectivity index (χ0n) is 15.9. The van der Waals surface area contributed by atoms with Crippen LogP contribution in [0.3, 0.4) is 0 Å². The Labute approximate surface area is 159 Å². The number of aryl methyl sites for hydroxylation is 1. The largest absolute Gasteiger partial charge is 0.381 e. The van der Waals surface area contributed by atoms with E-state index in [0.717, 1.165) is 39.1 Å². The van der Waals surface area contributed by atoms with Crippen LogP contribution in [0, 0.1) is 5.92 Å². The number of fused-ring (bicyclic) bond motifs is 1. The minimum Gasteiger partial charge on any atom is -0.381 e. The van der Waals surface area contributed by atoms with Crippen LogP contribution in [0.1, 0.15) is 41.4 Å². The van der Waals surface area contributed by atoms with E-state index in [2.05, 4.69) is 28.0 Å². The third-order valence-corrected chi connectivity index (χ3v) is 5.57. The highest BCUT2D eigenvalue weighted by Crippen LogP contribution is 2.26. The molecule has 27 heavy (non-hydrogen) atoms. The van der Waals surface area contributed by atoms with Crippen LogP contribution in [-0.4, -0.2) is 58.1 Å². The Kier molecular flexibility index (Phi) is 5.59. The van der Waals surface area contributed by atoms with E-state index in [-0.39, 0.29) is 11.9 Å². The third-order valence-electron chi connectivity index (χ3n) is 5.57. The maximum absolute atomic E-state index is 12.8. The van der Waals surface area contributed by atoms with Crippen LogP contribution in [0.5, 0.6) is 0 Å². The lowest BCUT2D eigenvalue weighted by molar-refractivity contribution is 0.0161. The number of aromatic nitrogens is 3. The molecule has 7 heteroatoms. The summed E-state index contributed by atoms with van der Waals surface area (Å²) in [7, 11) is 1.83. The summed E-state index contributed by atoms with van der Waals surface area (Å²) >= 11 is 0. The molecule has 146 valence electrons. The lowest BCUT2D eigenvalue weighted by Crippen LogP contribution is -2.41. The number of carbonyl (C=O) groups is 1. The van der Waals surface area contributed by atoms with Gasteiger partial charge in [0.25, 0.3) is 5.91 Å². The van der Waals surface area contributed by atoms with Gasteiger partial charge < -0.3 is 18.9 Å². The fourth-order valence-electron chi connectivity index (χ4n) is 4.00. The van der Waals surface area contributed by atoms with Crippen molar-refractivity contribution in [3.63, 3.8) is 0 Å². The van der Waals surface area contributed by atoms with E-state index in [0.29, 0.717) is 31.2 Å². The molecular formula is C20H28N4O3. The first-order valence-corrected chi connectivity index (χ1v) is 9.80. The lowest BCUT2D eigenvalue weighted by atomic mass is 10.0. The first-order valence-electron chi connectivity index (χ1n) is 9.80. The van der Waals surface area contributed by atoms with Gasteiger partial charge in [0.15, 0.2) is 0 Å². The third kappa shape index (κ3) is 4.25. The van der Waals surface area contributed by atoms with Crippen molar-refractivity contribution in [2.75, 3.05) is 33.0 Å². The van der Waals surface area contributed by atoms with Gasteiger partial charge in [0.1, 0.15) is 0 Å². The highest BCUT2D eigenvalue weighted by Gasteiger charge is 2.28. The van der Waals surface area contributed by atoms with Gasteiger partial charge >= 0.3 is 0 Å². The fourth-order valence-corrected chi connectivity index (χ4v) is 4.00. The Balaban J connectivity index is 1.34. The Hall–Kier alpha value is -2.12. The van der Waals surface area contributed by atoms with Crippen molar-refractivity contribution in [1.29, 1.82) is 0 Å². The molecule has 0 N–H and O–H groups in total. The summed E-state index contributed by atoms with van der Waals surface area (Å²) in [5.41, 5.74) is 1.82. The minimum absolute atomic E-state index is 0.0451. The van der Waals surface area contributed by atoms with Gasteiger partial charge in [0.2, 0.25) is 0 Å². The quantitative estimate of drug-likeness (QED) is 0.730. The van der Waals surface area contributed by atoms with E-state index in [9.17, 15) is 4.79 Å². The molecule has 4 heterocycles. The molecule has 0 aliphatic carbocycles. The molecule has 0 unspecified atom stereocenters. The summed E-state index contributed by atoms with van der Waals surface area (Å²) in [6.07, 6.45) is 8.63. The molecular weight excluding hydrogens is 344 g/mol. The predicted octanol–water partition coefficient (Wildman–Crippen LogP) is 2.25. The van der Waals surface area contributed by atoms with Gasteiger partial charge in [-0.2, -0.15) is 5.10 Å². The summed E-state index contributed by atoms with van der Waals surface area (Å²) in [6.45, 7) is 4.58. The zero-order valence-corrected chi connectivity index (χ0v) is 15.9. The number of hydrogen-bond acceptors (Lipinski definition) is 4. The number of ether oxygens (including phenoxy) is 2. The monoisotopic (exact) mass is 372 g/mol. The molecule has 0 radical (unpaired) electrons. The van der Waals surface area contributed by atoms with Crippen LogP contribution in [0.15, 0.2) is 30.7 Å². The van der Waals surface area contributed by atoms with E-state index in [1.165, 1.54) is 5.69 Å². The zero-order chi connectivity index (χ0) is 18.6. The van der Waals surface area contributed by atoms with Gasteiger partial charge in [-0.15, -0.1) is 0 Å². The van der Waals surface area contributed by atoms with Crippen LogP contribution in [0.25, 0.3) is 0 Å². The van der Waals surface area contributed by atoms with Gasteiger partial charge in [0, 0.05) is 58.1 Å². The average molecular weight is 372 g/mol. The molecule has 0 aromatic carbocycles. The van der Waals surface area contributed by atoms with Crippen molar-refractivity contribution < 1.29 is 14.3 Å². The standard InChI is InChI=1S/C20H28N4O3/c1-22-12-17(11-21-22)20(25)23-13-18-3-2-7-24(18)19(14-23)6-10-27-15-16-4-8-26-9-5-16/h2-3,7,11-12,16,19H,4-6,8-10,13-15H2,1H3/t19-/m1/s1. The summed E-state index contributed by atoms with van der Waals surface area (Å²) < 4.78 is 15.3. The molecule has 2 aliphatic heterocycles. The van der Waals surface area contributed by atoms with E-state index >= 15 is 0 Å². The van der Waals surface area contributed by atoms with E-state index in [1.54, 1.807) is 17.1 Å². The molecule has 1 atom stereocenters. The smallest absolute Gasteiger partial charge is 0.257 e. The van der Waals surface area contributed by atoms with Crippen LogP contribution in [0.2, 0.25) is 0 Å². The number of amides is 1. The topological polar surface area (TPSA) is 61.5 Å². The molecule has 0 spiro atoms. The van der Waals surface area contributed by atoms with Crippen LogP contribution < -0.4 is 0 Å². The van der Waals surface area contributed by atoms with Crippen LogP contribution >= 0.6 is 0 Å². The van der Waals surface area contributed by atoms with E-state index in [1.807, 2.05) is 11.9 Å². The van der Waals surface area contributed by atoms with Crippen LogP contribution in [0.4, 0.5) is 0 Å². The van der Waals surface area contributed by atoms with Gasteiger partial charge in [0.05, 0.1) is 24.3 Å². The van der Waals surface area contributed by atoms with E-state index in [4.69, 9.17) is 9.47 Å². The summed E-state index contributed by atoms with van der Waals surface area (Å²) in [5.74, 6) is 0.666. The second kappa shape index (κ2) is 8.27. The van der Waals surface area contributed by atoms with Gasteiger partial charge in [-0.1, -0.05) is 0 Å². The highest BCUT2D eigenvalue weighted by molar-refractivity contribution is 5.93. The van der Waals surface area contributed by atoms with Crippen molar-refractivity contribution >= 4 is 5.91 Å². The Morgan fingerprint density at radius 3 is 3.00 bits per heavy atom. The normalized spacial score (nSPS) is 20.6. The molecule has 0 saturated carbocycles. The molecule has 2 aromatic rings. The molecule has 2 aliphatic rings. The molecule has 1 fully saturated rings. The summed E-state index contributed by atoms with van der Waals surface area (Å²) in [4.78, 5) is 14.8. The molecule has 2 aromatic heterocycles. The van der Waals surface area contributed by atoms with Gasteiger partial charge in [-0.05, 0) is 37.3 Å². The lowest BCUT2D eigenvalue weighted by Gasteiger charge is -2.35. The Bertz CT molecular complexity index is 763. The number of nitrogens with zero attached hydrogens (tertiary/aromatic N) is 4. The number of carbonyl (C=O) groups excluding carboxylic acids is 1. The van der Waals surface area contributed by atoms with Crippen molar-refractivity contribution in [3.8, 4) is 0 Å². The van der Waals surface area contributed by atoms with E-state index < -0.39 is 0 Å². The number of rotatable bonds is 6. The summed E-state index contributed by atoms with van der Waals surface area (Å²) in [6, 6.07) is 4.40. The molecule has 4 rings (SSSR count). The number of hydrogen-bond donors (Lipinski definition) is 0. The average Bonchev–Trinajstić information content (AvgIpc) is 3.34. The van der Waals surface area contributed by atoms with Crippen molar-refractivity contribution in [2.24, 2.45) is 13.0 Å². The molecule has 7 nitrogen and oxygen atoms in total. The van der Waals surface area contributed by atoms with Gasteiger partial charge in [-0.3, -0.25) is 9.48 Å². The van der Waals surface area contributed by atoms with Crippen molar-refractivity contribution in [1.82, 2.24) is 19.2 Å². The summed E-state index contributed by atoms with van der Waals surface area (Å²) in [5, 5.41) is 4.13. The maximum Gasteiger partial charge on any atom is 0.257 e. The minimum atomic E-state index is 0.0451. The SMILES string of the molecule is Cn1cc(C(=O)N2Cc3cccn3[C@H](CCOCC3CCOCC3)C2)cn1.